The van der Waals surface area contributed by atoms with Gasteiger partial charge in [-0.25, -0.2) is 9.18 Å². The van der Waals surface area contributed by atoms with Crippen LogP contribution in [0.3, 0.4) is 0 Å². The molecule has 1 atom stereocenters. The molecule has 0 radical (unpaired) electrons. The summed E-state index contributed by atoms with van der Waals surface area (Å²) in [5.41, 5.74) is 1.55. The third-order valence-electron chi connectivity index (χ3n) is 4.53. The number of halogens is 1. The van der Waals surface area contributed by atoms with Crippen molar-refractivity contribution < 1.29 is 13.9 Å². The first-order valence-electron chi connectivity index (χ1n) is 8.34. The van der Waals surface area contributed by atoms with E-state index in [4.69, 9.17) is 4.74 Å². The molecule has 4 nitrogen and oxygen atoms in total. The Kier molecular flexibility index (Phi) is 4.01. The summed E-state index contributed by atoms with van der Waals surface area (Å²) in [5.74, 6) is -1.03. The Bertz CT molecular complexity index is 958. The quantitative estimate of drug-likeness (QED) is 0.731. The van der Waals surface area contributed by atoms with Crippen molar-refractivity contribution in [3.63, 3.8) is 0 Å². The summed E-state index contributed by atoms with van der Waals surface area (Å²) >= 11 is 0. The lowest BCUT2D eigenvalue weighted by Gasteiger charge is -2.31. The van der Waals surface area contributed by atoms with E-state index < -0.39 is 17.5 Å². The zero-order valence-electron chi connectivity index (χ0n) is 14.2. The summed E-state index contributed by atoms with van der Waals surface area (Å²) in [5, 5.41) is 3.23. The normalized spacial score (nSPS) is 18.5. The number of rotatable bonds is 4. The van der Waals surface area contributed by atoms with Crippen LogP contribution in [-0.2, 0) is 17.0 Å². The topological polar surface area (TPSA) is 51.2 Å². The number of hydrogen-bond donors (Lipinski definition) is 1. The molecule has 1 N–H and O–H groups in total. The van der Waals surface area contributed by atoms with Crippen LogP contribution in [0.1, 0.15) is 32.7 Å². The first-order chi connectivity index (χ1) is 12.6. The highest BCUT2D eigenvalue weighted by atomic mass is 19.1. The van der Waals surface area contributed by atoms with Crippen molar-refractivity contribution in [3.05, 3.63) is 101 Å². The summed E-state index contributed by atoms with van der Waals surface area (Å²) in [6.07, 6.45) is 1.69. The smallest absolute Gasteiger partial charge is 0.341 e. The lowest BCUT2D eigenvalue weighted by atomic mass is 9.91. The number of hydrogen-bond acceptors (Lipinski definition) is 4. The van der Waals surface area contributed by atoms with Gasteiger partial charge in [-0.1, -0.05) is 42.0 Å². The number of nitrogens with zero attached hydrogens (tertiary/aromatic N) is 1. The number of aryl methyl sites for hydroxylation is 1. The van der Waals surface area contributed by atoms with Crippen LogP contribution < -0.4 is 5.32 Å². The van der Waals surface area contributed by atoms with Crippen molar-refractivity contribution in [1.29, 1.82) is 0 Å². The number of nitrogens with one attached hydrogen (secondary N) is 1. The van der Waals surface area contributed by atoms with Gasteiger partial charge < -0.3 is 4.74 Å². The molecular formula is C21H17FN2O2. The van der Waals surface area contributed by atoms with Crippen molar-refractivity contribution in [3.8, 4) is 0 Å². The van der Waals surface area contributed by atoms with E-state index in [9.17, 15) is 9.18 Å². The van der Waals surface area contributed by atoms with Gasteiger partial charge in [0.15, 0.2) is 0 Å². The molecule has 5 heteroatoms. The fourth-order valence-electron chi connectivity index (χ4n) is 3.23. The molecule has 1 unspecified atom stereocenters. The Morgan fingerprint density at radius 2 is 1.88 bits per heavy atom. The van der Waals surface area contributed by atoms with Gasteiger partial charge in [-0.3, -0.25) is 10.3 Å². The molecule has 0 amide bonds. The van der Waals surface area contributed by atoms with E-state index in [1.165, 1.54) is 12.1 Å². The summed E-state index contributed by atoms with van der Waals surface area (Å²) in [4.78, 5) is 16.7. The van der Waals surface area contributed by atoms with Crippen LogP contribution in [0.5, 0.6) is 0 Å². The van der Waals surface area contributed by atoms with E-state index in [0.717, 1.165) is 11.3 Å². The van der Waals surface area contributed by atoms with E-state index in [0.29, 0.717) is 12.1 Å². The number of benzene rings is 2. The van der Waals surface area contributed by atoms with Gasteiger partial charge in [0.05, 0.1) is 16.8 Å². The standard InChI is InChI=1S/C21H17FN2O2/c1-14-8-10-15(11-9-14)21(24-13-16-5-2-3-12-23-16)19-17(20(25)26-21)6-4-7-18(19)22/h2-12,24H,13H2,1H3. The highest BCUT2D eigenvalue weighted by molar-refractivity contribution is 5.95. The lowest BCUT2D eigenvalue weighted by Crippen LogP contribution is -2.44. The van der Waals surface area contributed by atoms with Crippen molar-refractivity contribution in [2.24, 2.45) is 0 Å². The summed E-state index contributed by atoms with van der Waals surface area (Å²) in [7, 11) is 0. The Balaban J connectivity index is 1.84. The van der Waals surface area contributed by atoms with Crippen LogP contribution in [-0.4, -0.2) is 11.0 Å². The highest BCUT2D eigenvalue weighted by Gasteiger charge is 2.49. The highest BCUT2D eigenvalue weighted by Crippen LogP contribution is 2.41. The third kappa shape index (κ3) is 2.66. The first kappa shape index (κ1) is 16.4. The van der Waals surface area contributed by atoms with Crippen molar-refractivity contribution in [1.82, 2.24) is 10.3 Å². The second kappa shape index (κ2) is 6.35. The number of ether oxygens (including phenoxy) is 1. The van der Waals surface area contributed by atoms with Gasteiger partial charge in [-0.05, 0) is 31.2 Å². The van der Waals surface area contributed by atoms with E-state index in [1.807, 2.05) is 49.4 Å². The number of carbonyl (C=O) groups is 1. The Labute approximate surface area is 150 Å². The van der Waals surface area contributed by atoms with E-state index in [-0.39, 0.29) is 11.1 Å². The summed E-state index contributed by atoms with van der Waals surface area (Å²) in [6, 6.07) is 17.5. The molecule has 2 aromatic carbocycles. The molecule has 1 aliphatic rings. The van der Waals surface area contributed by atoms with Crippen LogP contribution in [0.25, 0.3) is 0 Å². The van der Waals surface area contributed by atoms with Gasteiger partial charge in [0, 0.05) is 18.3 Å². The molecule has 130 valence electrons. The van der Waals surface area contributed by atoms with E-state index in [1.54, 1.807) is 12.3 Å². The van der Waals surface area contributed by atoms with E-state index >= 15 is 0 Å². The molecule has 0 spiro atoms. The first-order valence-corrected chi connectivity index (χ1v) is 8.34. The number of fused-ring (bicyclic) bond motifs is 1. The predicted octanol–water partition coefficient (Wildman–Crippen LogP) is 3.69. The number of carbonyl (C=O) groups excluding carboxylic acids is 1. The molecule has 0 bridgehead atoms. The molecule has 0 fully saturated rings. The number of aromatic nitrogens is 1. The number of esters is 1. The SMILES string of the molecule is Cc1ccc(C2(NCc3ccccn3)OC(=O)c3cccc(F)c32)cc1. The van der Waals surface area contributed by atoms with Crippen LogP contribution in [0.4, 0.5) is 4.39 Å². The number of cyclic esters (lactones) is 1. The molecule has 0 saturated carbocycles. The van der Waals surface area contributed by atoms with Crippen molar-refractivity contribution in [2.45, 2.75) is 19.2 Å². The van der Waals surface area contributed by atoms with Gasteiger partial charge in [0.2, 0.25) is 5.72 Å². The maximum Gasteiger partial charge on any atom is 0.341 e. The fraction of sp³-hybridized carbons (Fsp3) is 0.143. The lowest BCUT2D eigenvalue weighted by molar-refractivity contribution is -0.00715. The largest absolute Gasteiger partial charge is 0.431 e. The minimum Gasteiger partial charge on any atom is -0.431 e. The van der Waals surface area contributed by atoms with Crippen LogP contribution in [0, 0.1) is 12.7 Å². The zero-order chi connectivity index (χ0) is 18.1. The van der Waals surface area contributed by atoms with E-state index in [2.05, 4.69) is 10.3 Å². The van der Waals surface area contributed by atoms with Crippen LogP contribution >= 0.6 is 0 Å². The molecular weight excluding hydrogens is 331 g/mol. The van der Waals surface area contributed by atoms with Crippen LogP contribution in [0.15, 0.2) is 66.9 Å². The van der Waals surface area contributed by atoms with Gasteiger partial charge in [-0.2, -0.15) is 0 Å². The monoisotopic (exact) mass is 348 g/mol. The van der Waals surface area contributed by atoms with Gasteiger partial charge in [-0.15, -0.1) is 0 Å². The van der Waals surface area contributed by atoms with Crippen molar-refractivity contribution >= 4 is 5.97 Å². The number of pyridine rings is 1. The maximum absolute atomic E-state index is 14.8. The minimum absolute atomic E-state index is 0.213. The molecule has 1 aliphatic heterocycles. The Hall–Kier alpha value is -3.05. The molecule has 0 aliphatic carbocycles. The maximum atomic E-state index is 14.8. The average Bonchev–Trinajstić information content (AvgIpc) is 2.96. The second-order valence-corrected chi connectivity index (χ2v) is 6.27. The zero-order valence-corrected chi connectivity index (χ0v) is 14.2. The van der Waals surface area contributed by atoms with Gasteiger partial charge in [0.25, 0.3) is 0 Å². The van der Waals surface area contributed by atoms with Crippen molar-refractivity contribution in [2.75, 3.05) is 0 Å². The molecule has 2 heterocycles. The minimum atomic E-state index is -1.39. The van der Waals surface area contributed by atoms with Gasteiger partial charge >= 0.3 is 5.97 Å². The molecule has 1 aromatic heterocycles. The summed E-state index contributed by atoms with van der Waals surface area (Å²) in [6.45, 7) is 2.28. The third-order valence-corrected chi connectivity index (χ3v) is 4.53. The Morgan fingerprint density at radius 3 is 2.62 bits per heavy atom. The predicted molar refractivity (Wildman–Crippen MR) is 94.9 cm³/mol. The second-order valence-electron chi connectivity index (χ2n) is 6.27. The molecule has 26 heavy (non-hydrogen) atoms. The molecule has 4 rings (SSSR count). The average molecular weight is 348 g/mol. The molecule has 0 saturated heterocycles. The summed E-state index contributed by atoms with van der Waals surface area (Å²) < 4.78 is 20.5. The van der Waals surface area contributed by atoms with Gasteiger partial charge in [0.1, 0.15) is 5.82 Å². The molecule has 3 aromatic rings. The fourth-order valence-corrected chi connectivity index (χ4v) is 3.23. The van der Waals surface area contributed by atoms with Crippen LogP contribution in [0.2, 0.25) is 0 Å². The Morgan fingerprint density at radius 1 is 1.08 bits per heavy atom.